The molecule has 0 heterocycles. The average molecular weight is 276 g/mol. The number of nitrogen functional groups attached to an aromatic ring is 2. The second-order valence-corrected chi connectivity index (χ2v) is 6.58. The van der Waals surface area contributed by atoms with Crippen LogP contribution in [0.1, 0.15) is 11.1 Å². The number of anilines is 2. The normalized spacial score (nSPS) is 11.4. The van der Waals surface area contributed by atoms with Crippen LogP contribution in [0.25, 0.3) is 0 Å². The van der Waals surface area contributed by atoms with Gasteiger partial charge in [0.1, 0.15) is 0 Å². The molecule has 0 spiro atoms. The van der Waals surface area contributed by atoms with Gasteiger partial charge >= 0.3 is 0 Å². The third kappa shape index (κ3) is 3.99. The van der Waals surface area contributed by atoms with Crippen molar-refractivity contribution in [2.24, 2.45) is 0 Å². The van der Waals surface area contributed by atoms with Crippen molar-refractivity contribution in [1.29, 1.82) is 0 Å². The molecule has 5 heteroatoms. The third-order valence-electron chi connectivity index (χ3n) is 2.73. The van der Waals surface area contributed by atoms with Gasteiger partial charge in [0.05, 0.1) is 11.5 Å². The quantitative estimate of drug-likeness (QED) is 0.836. The van der Waals surface area contributed by atoms with Crippen molar-refractivity contribution in [3.05, 3.63) is 59.7 Å². The van der Waals surface area contributed by atoms with Gasteiger partial charge in [0.2, 0.25) is 0 Å². The van der Waals surface area contributed by atoms with Gasteiger partial charge in [-0.05, 0) is 35.4 Å². The Bertz CT molecular complexity index is 593. The van der Waals surface area contributed by atoms with Crippen LogP contribution in [0.2, 0.25) is 0 Å². The fraction of sp³-hybridized carbons (Fsp3) is 0.143. The van der Waals surface area contributed by atoms with Gasteiger partial charge in [0, 0.05) is 11.4 Å². The first kappa shape index (κ1) is 13.4. The van der Waals surface area contributed by atoms with E-state index < -0.39 is 9.84 Å². The Morgan fingerprint density at radius 1 is 0.684 bits per heavy atom. The van der Waals surface area contributed by atoms with Gasteiger partial charge < -0.3 is 11.5 Å². The van der Waals surface area contributed by atoms with Gasteiger partial charge in [-0.25, -0.2) is 8.42 Å². The molecule has 0 aromatic heterocycles. The van der Waals surface area contributed by atoms with E-state index in [2.05, 4.69) is 0 Å². The average Bonchev–Trinajstić information content (AvgIpc) is 2.34. The Kier molecular flexibility index (Phi) is 3.76. The van der Waals surface area contributed by atoms with E-state index in [1.165, 1.54) is 0 Å². The van der Waals surface area contributed by atoms with Gasteiger partial charge in [0.25, 0.3) is 0 Å². The number of hydrogen-bond donors (Lipinski definition) is 2. The first-order valence-corrected chi connectivity index (χ1v) is 7.66. The fourth-order valence-corrected chi connectivity index (χ4v) is 3.29. The van der Waals surface area contributed by atoms with Crippen molar-refractivity contribution in [1.82, 2.24) is 0 Å². The highest BCUT2D eigenvalue weighted by Crippen LogP contribution is 2.15. The van der Waals surface area contributed by atoms with E-state index in [0.717, 1.165) is 11.1 Å². The molecular weight excluding hydrogens is 260 g/mol. The predicted molar refractivity (Wildman–Crippen MR) is 78.0 cm³/mol. The summed E-state index contributed by atoms with van der Waals surface area (Å²) in [5, 5.41) is 0. The summed E-state index contributed by atoms with van der Waals surface area (Å²) in [4.78, 5) is 0. The van der Waals surface area contributed by atoms with E-state index in [-0.39, 0.29) is 11.5 Å². The lowest BCUT2D eigenvalue weighted by atomic mass is 10.2. The minimum atomic E-state index is -3.20. The van der Waals surface area contributed by atoms with E-state index in [4.69, 9.17) is 11.5 Å². The smallest absolute Gasteiger partial charge is 0.158 e. The van der Waals surface area contributed by atoms with E-state index in [1.807, 2.05) is 0 Å². The molecule has 0 radical (unpaired) electrons. The van der Waals surface area contributed by atoms with Crippen LogP contribution in [0, 0.1) is 0 Å². The number of nitrogens with two attached hydrogens (primary N) is 2. The van der Waals surface area contributed by atoms with Crippen LogP contribution >= 0.6 is 0 Å². The molecule has 0 saturated heterocycles. The van der Waals surface area contributed by atoms with Gasteiger partial charge in [-0.2, -0.15) is 0 Å². The molecule has 2 rings (SSSR count). The maximum absolute atomic E-state index is 12.1. The monoisotopic (exact) mass is 276 g/mol. The van der Waals surface area contributed by atoms with Crippen LogP contribution in [0.3, 0.4) is 0 Å². The molecule has 0 fully saturated rings. The van der Waals surface area contributed by atoms with Crippen LogP contribution < -0.4 is 11.5 Å². The summed E-state index contributed by atoms with van der Waals surface area (Å²) in [5.41, 5.74) is 13.9. The van der Waals surface area contributed by atoms with Crippen molar-refractivity contribution < 1.29 is 8.42 Å². The molecule has 2 aromatic rings. The largest absolute Gasteiger partial charge is 0.399 e. The van der Waals surface area contributed by atoms with E-state index in [9.17, 15) is 8.42 Å². The Labute approximate surface area is 113 Å². The molecule has 4 nitrogen and oxygen atoms in total. The van der Waals surface area contributed by atoms with Crippen molar-refractivity contribution >= 4 is 21.2 Å². The minimum Gasteiger partial charge on any atom is -0.399 e. The summed E-state index contributed by atoms with van der Waals surface area (Å²) < 4.78 is 24.2. The van der Waals surface area contributed by atoms with Crippen LogP contribution in [-0.2, 0) is 21.3 Å². The number of rotatable bonds is 4. The molecular formula is C14H16N2O2S. The Morgan fingerprint density at radius 3 is 1.32 bits per heavy atom. The van der Waals surface area contributed by atoms with Gasteiger partial charge in [-0.1, -0.05) is 24.3 Å². The molecule has 0 amide bonds. The van der Waals surface area contributed by atoms with Crippen molar-refractivity contribution in [2.75, 3.05) is 11.5 Å². The molecule has 0 aliphatic rings. The van der Waals surface area contributed by atoms with Crippen LogP contribution in [0.4, 0.5) is 11.4 Å². The highest BCUT2D eigenvalue weighted by molar-refractivity contribution is 7.89. The Balaban J connectivity index is 2.10. The van der Waals surface area contributed by atoms with E-state index in [0.29, 0.717) is 11.4 Å². The zero-order valence-corrected chi connectivity index (χ0v) is 11.2. The second kappa shape index (κ2) is 5.32. The topological polar surface area (TPSA) is 86.2 Å². The molecule has 100 valence electrons. The van der Waals surface area contributed by atoms with Crippen LogP contribution in [-0.4, -0.2) is 8.42 Å². The molecule has 0 atom stereocenters. The first-order chi connectivity index (χ1) is 8.94. The number of benzene rings is 2. The minimum absolute atomic E-state index is 0.0116. The summed E-state index contributed by atoms with van der Waals surface area (Å²) in [6.45, 7) is 0. The van der Waals surface area contributed by atoms with Crippen LogP contribution in [0.5, 0.6) is 0 Å². The summed E-state index contributed by atoms with van der Waals surface area (Å²) in [6, 6.07) is 13.7. The van der Waals surface area contributed by atoms with E-state index in [1.54, 1.807) is 48.5 Å². The first-order valence-electron chi connectivity index (χ1n) is 5.84. The third-order valence-corrected chi connectivity index (χ3v) is 4.28. The predicted octanol–water partition coefficient (Wildman–Crippen LogP) is 1.97. The highest BCUT2D eigenvalue weighted by Gasteiger charge is 2.13. The molecule has 0 aliphatic heterocycles. The lowest BCUT2D eigenvalue weighted by Gasteiger charge is -2.05. The maximum atomic E-state index is 12.1. The molecule has 0 aliphatic carbocycles. The summed E-state index contributed by atoms with van der Waals surface area (Å²) in [6.07, 6.45) is 0. The van der Waals surface area contributed by atoms with Crippen LogP contribution in [0.15, 0.2) is 48.5 Å². The van der Waals surface area contributed by atoms with Crippen molar-refractivity contribution in [3.8, 4) is 0 Å². The second-order valence-electron chi connectivity index (χ2n) is 4.52. The van der Waals surface area contributed by atoms with Crippen molar-refractivity contribution in [3.63, 3.8) is 0 Å². The summed E-state index contributed by atoms with van der Waals surface area (Å²) in [7, 11) is -3.20. The molecule has 4 N–H and O–H groups in total. The standard InChI is InChI=1S/C14H16N2O2S/c15-13-5-1-11(2-6-13)9-19(17,18)10-12-3-7-14(16)8-4-12/h1-8H,9-10,15-16H2. The molecule has 0 unspecified atom stereocenters. The lowest BCUT2D eigenvalue weighted by Crippen LogP contribution is -2.07. The highest BCUT2D eigenvalue weighted by atomic mass is 32.2. The van der Waals surface area contributed by atoms with Gasteiger partial charge in [0.15, 0.2) is 9.84 Å². The zero-order chi connectivity index (χ0) is 13.9. The number of hydrogen-bond acceptors (Lipinski definition) is 4. The maximum Gasteiger partial charge on any atom is 0.158 e. The Morgan fingerprint density at radius 2 is 1.00 bits per heavy atom. The van der Waals surface area contributed by atoms with E-state index >= 15 is 0 Å². The SMILES string of the molecule is Nc1ccc(CS(=O)(=O)Cc2ccc(N)cc2)cc1. The zero-order valence-electron chi connectivity index (χ0n) is 10.4. The van der Waals surface area contributed by atoms with Gasteiger partial charge in [-0.15, -0.1) is 0 Å². The van der Waals surface area contributed by atoms with Crippen molar-refractivity contribution in [2.45, 2.75) is 11.5 Å². The van der Waals surface area contributed by atoms with Gasteiger partial charge in [-0.3, -0.25) is 0 Å². The summed E-state index contributed by atoms with van der Waals surface area (Å²) >= 11 is 0. The molecule has 2 aromatic carbocycles. The molecule has 19 heavy (non-hydrogen) atoms. The Hall–Kier alpha value is -2.01. The molecule has 0 saturated carbocycles. The lowest BCUT2D eigenvalue weighted by molar-refractivity contribution is 0.594. The number of sulfone groups is 1. The fourth-order valence-electron chi connectivity index (χ4n) is 1.79. The summed E-state index contributed by atoms with van der Waals surface area (Å²) in [5.74, 6) is 0.0231. The molecule has 0 bridgehead atoms.